The van der Waals surface area contributed by atoms with Crippen molar-refractivity contribution in [2.45, 2.75) is 25.9 Å². The molecule has 1 aliphatic rings. The molecule has 1 fully saturated rings. The number of rotatable bonds is 7. The molecule has 0 spiro atoms. The Labute approximate surface area is 208 Å². The fourth-order valence-corrected chi connectivity index (χ4v) is 4.27. The van der Waals surface area contributed by atoms with Crippen molar-refractivity contribution in [2.75, 3.05) is 6.61 Å². The minimum absolute atomic E-state index is 0.00744. The van der Waals surface area contributed by atoms with Gasteiger partial charge in [-0.2, -0.15) is 0 Å². The maximum absolute atomic E-state index is 13.2. The number of hydrogen-bond donors (Lipinski definition) is 1. The summed E-state index contributed by atoms with van der Waals surface area (Å²) in [4.78, 5) is 27.8. The molecule has 34 heavy (non-hydrogen) atoms. The molecule has 3 aromatic carbocycles. The number of likely N-dealkylation sites (tertiary alicyclic amines) is 1. The summed E-state index contributed by atoms with van der Waals surface area (Å²) in [5.74, 6) is -1.16. The third kappa shape index (κ3) is 4.81. The third-order valence-corrected chi connectivity index (χ3v) is 6.31. The topological polar surface area (TPSA) is 66.8 Å². The molecule has 1 N–H and O–H groups in total. The van der Waals surface area contributed by atoms with Crippen LogP contribution in [0.2, 0.25) is 10.0 Å². The molecule has 1 atom stereocenters. The number of halogens is 2. The maximum Gasteiger partial charge on any atom is 0.295 e. The second-order valence-electron chi connectivity index (χ2n) is 7.96. The predicted molar refractivity (Wildman–Crippen MR) is 133 cm³/mol. The van der Waals surface area contributed by atoms with Crippen LogP contribution in [-0.4, -0.2) is 28.3 Å². The highest BCUT2D eigenvalue weighted by Crippen LogP contribution is 2.42. The normalized spacial score (nSPS) is 17.3. The Morgan fingerprint density at radius 1 is 0.971 bits per heavy atom. The number of hydrogen-bond acceptors (Lipinski definition) is 4. The molecule has 1 unspecified atom stereocenters. The molecule has 5 nitrogen and oxygen atoms in total. The summed E-state index contributed by atoms with van der Waals surface area (Å²) in [6.45, 7) is 2.71. The van der Waals surface area contributed by atoms with Crippen LogP contribution < -0.4 is 4.74 Å². The van der Waals surface area contributed by atoms with Gasteiger partial charge in [-0.3, -0.25) is 9.59 Å². The maximum atomic E-state index is 13.2. The average molecular weight is 496 g/mol. The first kappa shape index (κ1) is 23.9. The van der Waals surface area contributed by atoms with Gasteiger partial charge in [0.05, 0.1) is 28.3 Å². The lowest BCUT2D eigenvalue weighted by molar-refractivity contribution is -0.140. The summed E-state index contributed by atoms with van der Waals surface area (Å²) in [6, 6.07) is 20.3. The number of benzene rings is 3. The van der Waals surface area contributed by atoms with E-state index in [1.54, 1.807) is 42.5 Å². The molecule has 7 heteroatoms. The molecular formula is C27H23Cl2NO4. The number of Topliss-reactive ketones (excluding diaryl/α,β-unsaturated/α-hetero) is 1. The number of ketones is 1. The van der Waals surface area contributed by atoms with E-state index in [-0.39, 0.29) is 17.9 Å². The Morgan fingerprint density at radius 2 is 1.74 bits per heavy atom. The highest BCUT2D eigenvalue weighted by Gasteiger charge is 2.46. The van der Waals surface area contributed by atoms with Crippen molar-refractivity contribution in [3.8, 4) is 5.75 Å². The van der Waals surface area contributed by atoms with Crippen molar-refractivity contribution < 1.29 is 19.4 Å². The van der Waals surface area contributed by atoms with Gasteiger partial charge >= 0.3 is 0 Å². The van der Waals surface area contributed by atoms with Gasteiger partial charge in [0, 0.05) is 12.1 Å². The first-order valence-electron chi connectivity index (χ1n) is 10.9. The van der Waals surface area contributed by atoms with Crippen molar-refractivity contribution in [3.63, 3.8) is 0 Å². The monoisotopic (exact) mass is 495 g/mol. The van der Waals surface area contributed by atoms with E-state index >= 15 is 0 Å². The predicted octanol–water partition coefficient (Wildman–Crippen LogP) is 6.40. The van der Waals surface area contributed by atoms with Gasteiger partial charge in [0.2, 0.25) is 0 Å². The molecule has 0 aliphatic carbocycles. The second-order valence-corrected chi connectivity index (χ2v) is 8.78. The summed E-state index contributed by atoms with van der Waals surface area (Å²) in [6.07, 6.45) is 0.831. The van der Waals surface area contributed by atoms with E-state index < -0.39 is 17.7 Å². The standard InChI is InChI=1S/C27H23Cl2NO4/c1-2-13-34-20-10-6-9-19(14-20)25(31)23-24(18-11-12-21(28)22(29)15-18)30(27(33)26(23)32)16-17-7-4-3-5-8-17/h3-12,14-15,24,31H,2,13,16H2,1H3. The molecule has 1 saturated heterocycles. The van der Waals surface area contributed by atoms with Crippen LogP contribution in [0, 0.1) is 0 Å². The van der Waals surface area contributed by atoms with E-state index in [0.29, 0.717) is 33.5 Å². The lowest BCUT2D eigenvalue weighted by atomic mass is 9.95. The van der Waals surface area contributed by atoms with E-state index in [1.165, 1.54) is 4.90 Å². The second kappa shape index (κ2) is 10.3. The first-order valence-corrected chi connectivity index (χ1v) is 11.7. The molecule has 1 heterocycles. The minimum atomic E-state index is -0.838. The minimum Gasteiger partial charge on any atom is -0.507 e. The van der Waals surface area contributed by atoms with Crippen LogP contribution >= 0.6 is 23.2 Å². The van der Waals surface area contributed by atoms with Gasteiger partial charge in [-0.25, -0.2) is 0 Å². The summed E-state index contributed by atoms with van der Waals surface area (Å²) in [5.41, 5.74) is 1.80. The fourth-order valence-electron chi connectivity index (χ4n) is 3.96. The van der Waals surface area contributed by atoms with E-state index in [0.717, 1.165) is 12.0 Å². The Morgan fingerprint density at radius 3 is 2.44 bits per heavy atom. The molecule has 4 rings (SSSR count). The Bertz CT molecular complexity index is 1260. The van der Waals surface area contributed by atoms with Crippen molar-refractivity contribution in [1.29, 1.82) is 0 Å². The summed E-state index contributed by atoms with van der Waals surface area (Å²) in [5, 5.41) is 11.9. The van der Waals surface area contributed by atoms with Crippen LogP contribution in [-0.2, 0) is 16.1 Å². The largest absolute Gasteiger partial charge is 0.507 e. The van der Waals surface area contributed by atoms with Crippen LogP contribution in [0.15, 0.2) is 78.4 Å². The quantitative estimate of drug-likeness (QED) is 0.233. The van der Waals surface area contributed by atoms with Crippen molar-refractivity contribution >= 4 is 40.7 Å². The van der Waals surface area contributed by atoms with Crippen LogP contribution in [0.1, 0.15) is 36.1 Å². The smallest absolute Gasteiger partial charge is 0.295 e. The molecule has 1 amide bonds. The molecule has 0 saturated carbocycles. The lowest BCUT2D eigenvalue weighted by Gasteiger charge is -2.25. The summed E-state index contributed by atoms with van der Waals surface area (Å²) >= 11 is 12.4. The van der Waals surface area contributed by atoms with Gasteiger partial charge in [-0.1, -0.05) is 78.7 Å². The van der Waals surface area contributed by atoms with E-state index in [4.69, 9.17) is 27.9 Å². The van der Waals surface area contributed by atoms with Crippen molar-refractivity contribution in [2.24, 2.45) is 0 Å². The SMILES string of the molecule is CCCOc1cccc(C(O)=C2C(=O)C(=O)N(Cc3ccccc3)C2c2ccc(Cl)c(Cl)c2)c1. The Kier molecular flexibility index (Phi) is 7.25. The molecule has 3 aromatic rings. The number of amides is 1. The summed E-state index contributed by atoms with van der Waals surface area (Å²) < 4.78 is 5.67. The fraction of sp³-hybridized carbons (Fsp3) is 0.185. The number of nitrogens with zero attached hydrogens (tertiary/aromatic N) is 1. The highest BCUT2D eigenvalue weighted by molar-refractivity contribution is 6.46. The summed E-state index contributed by atoms with van der Waals surface area (Å²) in [7, 11) is 0. The van der Waals surface area contributed by atoms with E-state index in [2.05, 4.69) is 0 Å². The molecule has 0 radical (unpaired) electrons. The zero-order valence-electron chi connectivity index (χ0n) is 18.5. The average Bonchev–Trinajstić information content (AvgIpc) is 3.09. The zero-order valence-corrected chi connectivity index (χ0v) is 20.0. The zero-order chi connectivity index (χ0) is 24.2. The third-order valence-electron chi connectivity index (χ3n) is 5.58. The lowest BCUT2D eigenvalue weighted by Crippen LogP contribution is -2.29. The van der Waals surface area contributed by atoms with E-state index in [9.17, 15) is 14.7 Å². The molecule has 0 aromatic heterocycles. The van der Waals surface area contributed by atoms with Gasteiger partial charge in [-0.05, 0) is 41.8 Å². The van der Waals surface area contributed by atoms with Gasteiger partial charge in [0.1, 0.15) is 11.5 Å². The van der Waals surface area contributed by atoms with Crippen LogP contribution in [0.25, 0.3) is 5.76 Å². The van der Waals surface area contributed by atoms with Gasteiger partial charge < -0.3 is 14.7 Å². The van der Waals surface area contributed by atoms with Crippen molar-refractivity contribution in [1.82, 2.24) is 4.90 Å². The van der Waals surface area contributed by atoms with Crippen LogP contribution in [0.5, 0.6) is 5.75 Å². The van der Waals surface area contributed by atoms with E-state index in [1.807, 2.05) is 37.3 Å². The highest BCUT2D eigenvalue weighted by atomic mass is 35.5. The van der Waals surface area contributed by atoms with Crippen LogP contribution in [0.4, 0.5) is 0 Å². The molecular weight excluding hydrogens is 473 g/mol. The number of aliphatic hydroxyl groups is 1. The molecule has 174 valence electrons. The number of carbonyl (C=O) groups excluding carboxylic acids is 2. The van der Waals surface area contributed by atoms with Crippen molar-refractivity contribution in [3.05, 3.63) is 105 Å². The number of aliphatic hydroxyl groups excluding tert-OH is 1. The number of ether oxygens (including phenoxy) is 1. The van der Waals surface area contributed by atoms with Gasteiger partial charge in [-0.15, -0.1) is 0 Å². The molecule has 1 aliphatic heterocycles. The van der Waals surface area contributed by atoms with Gasteiger partial charge in [0.15, 0.2) is 0 Å². The van der Waals surface area contributed by atoms with Crippen LogP contribution in [0.3, 0.4) is 0 Å². The number of carbonyl (C=O) groups is 2. The Balaban J connectivity index is 1.84. The Hall–Kier alpha value is -3.28. The van der Waals surface area contributed by atoms with Gasteiger partial charge in [0.25, 0.3) is 11.7 Å². The first-order chi connectivity index (χ1) is 16.4. The molecule has 0 bridgehead atoms.